The van der Waals surface area contributed by atoms with Crippen LogP contribution in [0.4, 0.5) is 5.69 Å². The first-order chi connectivity index (χ1) is 7.09. The third-order valence-corrected chi connectivity index (χ3v) is 3.58. The average Bonchev–Trinajstić information content (AvgIpc) is 2.17. The molecule has 0 heterocycles. The first-order valence-corrected chi connectivity index (χ1v) is 6.74. The fourth-order valence-corrected chi connectivity index (χ4v) is 2.71. The van der Waals surface area contributed by atoms with Crippen LogP contribution in [0.15, 0.2) is 18.2 Å². The Morgan fingerprint density at radius 2 is 2.13 bits per heavy atom. The highest BCUT2D eigenvalue weighted by Gasteiger charge is 2.01. The van der Waals surface area contributed by atoms with Gasteiger partial charge in [-0.15, -0.1) is 0 Å². The predicted molar refractivity (Wildman–Crippen MR) is 71.5 cm³/mol. The smallest absolute Gasteiger partial charge is 0.0447 e. The highest BCUT2D eigenvalue weighted by Crippen LogP contribution is 2.24. The van der Waals surface area contributed by atoms with E-state index in [-0.39, 0.29) is 0 Å². The maximum Gasteiger partial charge on any atom is 0.0447 e. The van der Waals surface area contributed by atoms with E-state index >= 15 is 0 Å². The molecule has 0 saturated heterocycles. The van der Waals surface area contributed by atoms with Gasteiger partial charge in [0.15, 0.2) is 0 Å². The molecule has 15 heavy (non-hydrogen) atoms. The molecule has 0 saturated carbocycles. The molecule has 0 bridgehead atoms. The van der Waals surface area contributed by atoms with Crippen molar-refractivity contribution in [1.82, 2.24) is 0 Å². The van der Waals surface area contributed by atoms with Crippen molar-refractivity contribution in [3.63, 3.8) is 0 Å². The zero-order valence-corrected chi connectivity index (χ0v) is 10.9. The number of thioether (sulfide) groups is 1. The summed E-state index contributed by atoms with van der Waals surface area (Å²) in [5.74, 6) is 2.91. The van der Waals surface area contributed by atoms with E-state index in [1.165, 1.54) is 12.2 Å². The lowest BCUT2D eigenvalue weighted by atomic mass is 10.2. The van der Waals surface area contributed by atoms with Gasteiger partial charge in [0.1, 0.15) is 0 Å². The predicted octanol–water partition coefficient (Wildman–Crippen LogP) is 4.20. The van der Waals surface area contributed by atoms with Crippen LogP contribution in [0.5, 0.6) is 0 Å². The minimum atomic E-state index is 0.772. The molecule has 0 unspecified atom stereocenters. The molecule has 0 aliphatic heterocycles. The van der Waals surface area contributed by atoms with Crippen LogP contribution >= 0.6 is 23.4 Å². The molecule has 1 rings (SSSR count). The van der Waals surface area contributed by atoms with Crippen molar-refractivity contribution in [2.75, 3.05) is 11.5 Å². The molecule has 0 radical (unpaired) electrons. The normalized spacial score (nSPS) is 10.9. The first-order valence-electron chi connectivity index (χ1n) is 5.21. The number of hydrogen-bond donors (Lipinski definition) is 1. The number of nitrogen functional groups attached to an aromatic ring is 1. The Labute approximate surface area is 101 Å². The topological polar surface area (TPSA) is 26.0 Å². The van der Waals surface area contributed by atoms with E-state index in [4.69, 9.17) is 17.3 Å². The molecular formula is C12H18ClNS. The van der Waals surface area contributed by atoms with Crippen molar-refractivity contribution >= 4 is 29.1 Å². The lowest BCUT2D eigenvalue weighted by Gasteiger charge is -2.06. The average molecular weight is 244 g/mol. The standard InChI is InChI=1S/C12H18ClNS/c1-9(2)5-6-15-8-10-7-11(14)3-4-12(10)13/h3-4,7,9H,5-6,8,14H2,1-2H3. The minimum absolute atomic E-state index is 0.772. The molecule has 0 atom stereocenters. The summed E-state index contributed by atoms with van der Waals surface area (Å²) in [5, 5.41) is 0.821. The Bertz CT molecular complexity index is 312. The summed E-state index contributed by atoms with van der Waals surface area (Å²) in [6.45, 7) is 4.49. The second-order valence-electron chi connectivity index (χ2n) is 4.09. The van der Waals surface area contributed by atoms with Crippen LogP contribution in [0.2, 0.25) is 5.02 Å². The van der Waals surface area contributed by atoms with Crippen LogP contribution in [0.25, 0.3) is 0 Å². The monoisotopic (exact) mass is 243 g/mol. The summed E-state index contributed by atoms with van der Waals surface area (Å²) in [4.78, 5) is 0. The number of nitrogens with two attached hydrogens (primary N) is 1. The number of halogens is 1. The van der Waals surface area contributed by atoms with Gasteiger partial charge in [-0.1, -0.05) is 25.4 Å². The highest BCUT2D eigenvalue weighted by molar-refractivity contribution is 7.98. The molecule has 1 nitrogen and oxygen atoms in total. The minimum Gasteiger partial charge on any atom is -0.399 e. The molecule has 0 aromatic heterocycles. The summed E-state index contributed by atoms with van der Waals surface area (Å²) in [5.41, 5.74) is 7.65. The molecule has 0 fully saturated rings. The van der Waals surface area contributed by atoms with Gasteiger partial charge in [-0.05, 0) is 41.9 Å². The van der Waals surface area contributed by atoms with E-state index in [0.717, 1.165) is 27.9 Å². The van der Waals surface area contributed by atoms with Gasteiger partial charge < -0.3 is 5.73 Å². The molecular weight excluding hydrogens is 226 g/mol. The Kier molecular flexibility index (Phi) is 5.34. The summed E-state index contributed by atoms with van der Waals surface area (Å²) < 4.78 is 0. The molecule has 0 amide bonds. The van der Waals surface area contributed by atoms with Gasteiger partial charge in [0.2, 0.25) is 0 Å². The van der Waals surface area contributed by atoms with Crippen molar-refractivity contribution in [2.24, 2.45) is 5.92 Å². The van der Waals surface area contributed by atoms with Gasteiger partial charge in [0.05, 0.1) is 0 Å². The number of hydrogen-bond acceptors (Lipinski definition) is 2. The molecule has 84 valence electrons. The molecule has 0 aliphatic rings. The van der Waals surface area contributed by atoms with Crippen LogP contribution in [-0.2, 0) is 5.75 Å². The summed E-state index contributed by atoms with van der Waals surface area (Å²) in [6, 6.07) is 5.67. The second-order valence-corrected chi connectivity index (χ2v) is 5.60. The molecule has 1 aromatic rings. The van der Waals surface area contributed by atoms with Gasteiger partial charge in [-0.25, -0.2) is 0 Å². The number of benzene rings is 1. The Morgan fingerprint density at radius 3 is 2.80 bits per heavy atom. The number of rotatable bonds is 5. The first kappa shape index (κ1) is 12.7. The highest BCUT2D eigenvalue weighted by atomic mass is 35.5. The maximum atomic E-state index is 6.07. The third kappa shape index (κ3) is 4.80. The molecule has 3 heteroatoms. The van der Waals surface area contributed by atoms with Crippen molar-refractivity contribution in [3.8, 4) is 0 Å². The summed E-state index contributed by atoms with van der Waals surface area (Å²) in [6.07, 6.45) is 1.25. The van der Waals surface area contributed by atoms with Gasteiger partial charge in [-0.2, -0.15) is 11.8 Å². The Balaban J connectivity index is 2.40. The molecule has 0 aliphatic carbocycles. The largest absolute Gasteiger partial charge is 0.399 e. The van der Waals surface area contributed by atoms with Crippen molar-refractivity contribution in [2.45, 2.75) is 26.0 Å². The zero-order chi connectivity index (χ0) is 11.3. The quantitative estimate of drug-likeness (QED) is 0.620. The second kappa shape index (κ2) is 6.29. The molecule has 0 spiro atoms. The Morgan fingerprint density at radius 1 is 1.40 bits per heavy atom. The van der Waals surface area contributed by atoms with Crippen LogP contribution in [-0.4, -0.2) is 5.75 Å². The van der Waals surface area contributed by atoms with Crippen LogP contribution in [0, 0.1) is 5.92 Å². The fraction of sp³-hybridized carbons (Fsp3) is 0.500. The third-order valence-electron chi connectivity index (χ3n) is 2.17. The van der Waals surface area contributed by atoms with Crippen LogP contribution in [0.1, 0.15) is 25.8 Å². The van der Waals surface area contributed by atoms with Gasteiger partial charge in [0.25, 0.3) is 0 Å². The fourth-order valence-electron chi connectivity index (χ4n) is 1.21. The maximum absolute atomic E-state index is 6.07. The Hall–Kier alpha value is -0.340. The van der Waals surface area contributed by atoms with Crippen molar-refractivity contribution in [3.05, 3.63) is 28.8 Å². The van der Waals surface area contributed by atoms with E-state index in [0.29, 0.717) is 0 Å². The zero-order valence-electron chi connectivity index (χ0n) is 9.29. The lowest BCUT2D eigenvalue weighted by Crippen LogP contribution is -1.92. The van der Waals surface area contributed by atoms with Gasteiger partial charge >= 0.3 is 0 Å². The lowest BCUT2D eigenvalue weighted by molar-refractivity contribution is 0.632. The van der Waals surface area contributed by atoms with Crippen molar-refractivity contribution < 1.29 is 0 Å². The van der Waals surface area contributed by atoms with Crippen molar-refractivity contribution in [1.29, 1.82) is 0 Å². The summed E-state index contributed by atoms with van der Waals surface area (Å²) >= 11 is 7.99. The molecule has 1 aromatic carbocycles. The van der Waals surface area contributed by atoms with E-state index in [1.807, 2.05) is 30.0 Å². The van der Waals surface area contributed by atoms with Crippen LogP contribution < -0.4 is 5.73 Å². The van der Waals surface area contributed by atoms with Gasteiger partial charge in [0, 0.05) is 16.5 Å². The SMILES string of the molecule is CC(C)CCSCc1cc(N)ccc1Cl. The van der Waals surface area contributed by atoms with Gasteiger partial charge in [-0.3, -0.25) is 0 Å². The van der Waals surface area contributed by atoms with E-state index in [1.54, 1.807) is 0 Å². The van der Waals surface area contributed by atoms with E-state index in [2.05, 4.69) is 13.8 Å². The number of anilines is 1. The van der Waals surface area contributed by atoms with E-state index < -0.39 is 0 Å². The van der Waals surface area contributed by atoms with E-state index in [9.17, 15) is 0 Å². The van der Waals surface area contributed by atoms with Crippen LogP contribution in [0.3, 0.4) is 0 Å². The molecule has 2 N–H and O–H groups in total. The summed E-state index contributed by atoms with van der Waals surface area (Å²) in [7, 11) is 0.